The maximum absolute atomic E-state index is 5.58. The molecule has 0 aromatic heterocycles. The largest absolute Gasteiger partial charge is 0.127 e. The summed E-state index contributed by atoms with van der Waals surface area (Å²) in [5.74, 6) is 7.00. The van der Waals surface area contributed by atoms with Crippen LogP contribution in [0.2, 0.25) is 0 Å². The van der Waals surface area contributed by atoms with Gasteiger partial charge in [-0.2, -0.15) is 0 Å². The molecular weight excluding hydrogens is 192 g/mol. The van der Waals surface area contributed by atoms with Gasteiger partial charge in [0.05, 0.1) is 0 Å². The zero-order valence-corrected chi connectivity index (χ0v) is 9.95. The van der Waals surface area contributed by atoms with E-state index in [1.54, 1.807) is 0 Å². The molecular formula is C13H21Cl. The molecule has 0 aliphatic heterocycles. The predicted molar refractivity (Wildman–Crippen MR) is 65.6 cm³/mol. The molecule has 0 radical (unpaired) electrons. The van der Waals surface area contributed by atoms with Gasteiger partial charge in [-0.05, 0) is 25.3 Å². The van der Waals surface area contributed by atoms with E-state index in [-0.39, 0.29) is 0 Å². The van der Waals surface area contributed by atoms with Crippen LogP contribution in [-0.2, 0) is 0 Å². The Hall–Kier alpha value is -0.410. The van der Waals surface area contributed by atoms with Gasteiger partial charge in [0, 0.05) is 12.3 Å². The summed E-state index contributed by atoms with van der Waals surface area (Å²) in [5.41, 5.74) is 0. The lowest BCUT2D eigenvalue weighted by atomic mass is 10.1. The van der Waals surface area contributed by atoms with Gasteiger partial charge in [-0.15, -0.1) is 11.6 Å². The Morgan fingerprint density at radius 2 is 1.93 bits per heavy atom. The molecule has 0 N–H and O–H groups in total. The number of allylic oxidation sites excluding steroid dienone is 2. The van der Waals surface area contributed by atoms with Gasteiger partial charge in [-0.1, -0.05) is 44.1 Å². The van der Waals surface area contributed by atoms with E-state index in [0.717, 1.165) is 25.1 Å². The van der Waals surface area contributed by atoms with Crippen LogP contribution in [0.5, 0.6) is 0 Å². The summed E-state index contributed by atoms with van der Waals surface area (Å²) in [5, 5.41) is 0. The lowest BCUT2D eigenvalue weighted by Crippen LogP contribution is -1.77. The van der Waals surface area contributed by atoms with Gasteiger partial charge in [-0.25, -0.2) is 0 Å². The molecule has 0 heterocycles. The van der Waals surface area contributed by atoms with E-state index in [4.69, 9.17) is 11.6 Å². The molecule has 0 fully saturated rings. The Kier molecular flexibility index (Phi) is 12.2. The highest BCUT2D eigenvalue weighted by atomic mass is 35.5. The third-order valence-electron chi connectivity index (χ3n) is 1.94. The number of unbranched alkanes of at least 4 members (excludes halogenated alkanes) is 5. The van der Waals surface area contributed by atoms with Crippen LogP contribution in [0.4, 0.5) is 0 Å². The second kappa shape index (κ2) is 12.6. The van der Waals surface area contributed by atoms with E-state index in [1.807, 2.05) is 6.08 Å². The van der Waals surface area contributed by atoms with Crippen LogP contribution in [0.3, 0.4) is 0 Å². The van der Waals surface area contributed by atoms with Crippen molar-refractivity contribution in [3.8, 4) is 11.8 Å². The van der Waals surface area contributed by atoms with Crippen molar-refractivity contribution in [1.82, 2.24) is 0 Å². The standard InChI is InChI=1S/C13H21Cl/c1-2-3-4-5-6-7-8-9-10-11-12-13-14/h4-5H,2-3,8-13H2,1H3. The summed E-state index contributed by atoms with van der Waals surface area (Å²) in [6.45, 7) is 2.18. The van der Waals surface area contributed by atoms with Crippen molar-refractivity contribution >= 4 is 11.6 Å². The Bertz CT molecular complexity index is 183. The van der Waals surface area contributed by atoms with Gasteiger partial charge in [-0.3, -0.25) is 0 Å². The molecule has 0 atom stereocenters. The normalized spacial score (nSPS) is 10.1. The Balaban J connectivity index is 3.17. The van der Waals surface area contributed by atoms with Gasteiger partial charge in [0.25, 0.3) is 0 Å². The maximum Gasteiger partial charge on any atom is 0.0223 e. The van der Waals surface area contributed by atoms with Crippen LogP contribution in [0.1, 0.15) is 51.9 Å². The molecule has 0 spiro atoms. The van der Waals surface area contributed by atoms with Gasteiger partial charge in [0.1, 0.15) is 0 Å². The smallest absolute Gasteiger partial charge is 0.0223 e. The first kappa shape index (κ1) is 13.6. The maximum atomic E-state index is 5.58. The highest BCUT2D eigenvalue weighted by Gasteiger charge is 1.86. The third-order valence-corrected chi connectivity index (χ3v) is 2.21. The predicted octanol–water partition coefficient (Wildman–Crippen LogP) is 4.54. The fraction of sp³-hybridized carbons (Fsp3) is 0.692. The van der Waals surface area contributed by atoms with E-state index < -0.39 is 0 Å². The molecule has 0 rings (SSSR count). The zero-order chi connectivity index (χ0) is 10.5. The van der Waals surface area contributed by atoms with E-state index in [1.165, 1.54) is 25.7 Å². The van der Waals surface area contributed by atoms with Crippen LogP contribution in [-0.4, -0.2) is 5.88 Å². The zero-order valence-electron chi connectivity index (χ0n) is 9.19. The van der Waals surface area contributed by atoms with Crippen molar-refractivity contribution in [2.75, 3.05) is 5.88 Å². The monoisotopic (exact) mass is 212 g/mol. The molecule has 1 heteroatoms. The van der Waals surface area contributed by atoms with Gasteiger partial charge in [0.15, 0.2) is 0 Å². The van der Waals surface area contributed by atoms with Crippen LogP contribution in [0.15, 0.2) is 12.2 Å². The summed E-state index contributed by atoms with van der Waals surface area (Å²) in [6, 6.07) is 0. The van der Waals surface area contributed by atoms with Crippen LogP contribution in [0, 0.1) is 11.8 Å². The fourth-order valence-corrected chi connectivity index (χ4v) is 1.29. The van der Waals surface area contributed by atoms with Crippen molar-refractivity contribution in [2.45, 2.75) is 51.9 Å². The van der Waals surface area contributed by atoms with Gasteiger partial charge in [0.2, 0.25) is 0 Å². The molecule has 14 heavy (non-hydrogen) atoms. The Morgan fingerprint density at radius 3 is 2.64 bits per heavy atom. The molecule has 0 aromatic carbocycles. The topological polar surface area (TPSA) is 0 Å². The molecule has 0 aromatic rings. The second-order valence-corrected chi connectivity index (χ2v) is 3.74. The first-order chi connectivity index (χ1) is 6.91. The number of alkyl halides is 1. The summed E-state index contributed by atoms with van der Waals surface area (Å²) in [4.78, 5) is 0. The summed E-state index contributed by atoms with van der Waals surface area (Å²) in [6.07, 6.45) is 12.4. The SMILES string of the molecule is CCCC=CC#CCCCCCCCl. The second-order valence-electron chi connectivity index (χ2n) is 3.37. The first-order valence-corrected chi connectivity index (χ1v) is 6.14. The molecule has 0 amide bonds. The Labute approximate surface area is 93.7 Å². The molecule has 0 aliphatic carbocycles. The summed E-state index contributed by atoms with van der Waals surface area (Å²) >= 11 is 5.58. The van der Waals surface area contributed by atoms with Crippen LogP contribution in [0.25, 0.3) is 0 Å². The number of rotatable bonds is 7. The van der Waals surface area contributed by atoms with E-state index in [2.05, 4.69) is 24.8 Å². The molecule has 0 saturated carbocycles. The molecule has 0 bridgehead atoms. The molecule has 0 nitrogen and oxygen atoms in total. The quantitative estimate of drug-likeness (QED) is 0.330. The van der Waals surface area contributed by atoms with Crippen LogP contribution < -0.4 is 0 Å². The summed E-state index contributed by atoms with van der Waals surface area (Å²) in [7, 11) is 0. The minimum absolute atomic E-state index is 0.797. The van der Waals surface area contributed by atoms with E-state index in [9.17, 15) is 0 Å². The number of hydrogen-bond donors (Lipinski definition) is 0. The highest BCUT2D eigenvalue weighted by Crippen LogP contribution is 2.02. The van der Waals surface area contributed by atoms with Crippen molar-refractivity contribution in [3.05, 3.63) is 12.2 Å². The molecule has 0 saturated heterocycles. The molecule has 80 valence electrons. The first-order valence-electron chi connectivity index (χ1n) is 5.61. The van der Waals surface area contributed by atoms with E-state index >= 15 is 0 Å². The van der Waals surface area contributed by atoms with E-state index in [0.29, 0.717) is 0 Å². The Morgan fingerprint density at radius 1 is 1.14 bits per heavy atom. The molecule has 0 aliphatic rings. The van der Waals surface area contributed by atoms with Crippen molar-refractivity contribution < 1.29 is 0 Å². The number of halogens is 1. The van der Waals surface area contributed by atoms with Crippen molar-refractivity contribution in [2.24, 2.45) is 0 Å². The highest BCUT2D eigenvalue weighted by molar-refractivity contribution is 6.17. The average Bonchev–Trinajstić information content (AvgIpc) is 2.21. The molecule has 0 unspecified atom stereocenters. The lowest BCUT2D eigenvalue weighted by Gasteiger charge is -1.93. The van der Waals surface area contributed by atoms with Crippen molar-refractivity contribution in [3.63, 3.8) is 0 Å². The third kappa shape index (κ3) is 11.6. The lowest BCUT2D eigenvalue weighted by molar-refractivity contribution is 0.682. The van der Waals surface area contributed by atoms with Gasteiger partial charge >= 0.3 is 0 Å². The number of hydrogen-bond acceptors (Lipinski definition) is 0. The average molecular weight is 213 g/mol. The fourth-order valence-electron chi connectivity index (χ4n) is 1.10. The summed E-state index contributed by atoms with van der Waals surface area (Å²) < 4.78 is 0. The van der Waals surface area contributed by atoms with Crippen LogP contribution >= 0.6 is 11.6 Å². The minimum Gasteiger partial charge on any atom is -0.127 e. The minimum atomic E-state index is 0.797. The van der Waals surface area contributed by atoms with Gasteiger partial charge < -0.3 is 0 Å². The van der Waals surface area contributed by atoms with Crippen molar-refractivity contribution in [1.29, 1.82) is 0 Å².